The Hall–Kier alpha value is -1.26. The molecule has 108 valence electrons. The third kappa shape index (κ3) is 3.07. The number of amides is 1. The van der Waals surface area contributed by atoms with E-state index in [4.69, 9.17) is 11.6 Å². The number of carbonyl (C=O) groups is 1. The molecule has 2 heterocycles. The van der Waals surface area contributed by atoms with Crippen molar-refractivity contribution in [2.45, 2.75) is 12.8 Å². The Morgan fingerprint density at radius 2 is 1.90 bits per heavy atom. The number of rotatable bonds is 3. The summed E-state index contributed by atoms with van der Waals surface area (Å²) in [5, 5.41) is 0.785. The summed E-state index contributed by atoms with van der Waals surface area (Å²) in [6.07, 6.45) is 1.74. The van der Waals surface area contributed by atoms with E-state index in [1.807, 2.05) is 23.1 Å². The minimum Gasteiger partial charge on any atom is -0.369 e. The zero-order valence-corrected chi connectivity index (χ0v) is 12.4. The number of piperazine rings is 1. The number of carbonyl (C=O) groups excluding carboxylic acids is 1. The summed E-state index contributed by atoms with van der Waals surface area (Å²) in [6.45, 7) is 5.69. The molecule has 0 aliphatic carbocycles. The zero-order valence-electron chi connectivity index (χ0n) is 11.6. The molecule has 0 N–H and O–H groups in total. The van der Waals surface area contributed by atoms with E-state index in [1.54, 1.807) is 0 Å². The van der Waals surface area contributed by atoms with Gasteiger partial charge in [-0.1, -0.05) is 17.7 Å². The number of hydrogen-bond donors (Lipinski definition) is 0. The van der Waals surface area contributed by atoms with Gasteiger partial charge >= 0.3 is 0 Å². The van der Waals surface area contributed by atoms with E-state index >= 15 is 0 Å². The number of halogens is 1. The summed E-state index contributed by atoms with van der Waals surface area (Å²) in [4.78, 5) is 18.3. The molecule has 20 heavy (non-hydrogen) atoms. The van der Waals surface area contributed by atoms with Gasteiger partial charge in [0.25, 0.3) is 0 Å². The highest BCUT2D eigenvalue weighted by Crippen LogP contribution is 2.21. The highest BCUT2D eigenvalue weighted by atomic mass is 35.5. The van der Waals surface area contributed by atoms with Gasteiger partial charge < -0.3 is 9.80 Å². The van der Waals surface area contributed by atoms with E-state index in [9.17, 15) is 4.79 Å². The van der Waals surface area contributed by atoms with E-state index < -0.39 is 0 Å². The largest absolute Gasteiger partial charge is 0.369 e. The predicted octanol–water partition coefficient (Wildman–Crippen LogP) is 2.04. The van der Waals surface area contributed by atoms with Crippen LogP contribution in [0.5, 0.6) is 0 Å². The molecule has 2 fully saturated rings. The van der Waals surface area contributed by atoms with Crippen LogP contribution in [0.15, 0.2) is 24.3 Å². The molecule has 0 atom stereocenters. The lowest BCUT2D eigenvalue weighted by molar-refractivity contribution is -0.129. The lowest BCUT2D eigenvalue weighted by Crippen LogP contribution is -2.50. The molecular formula is C15H20ClN3O. The molecule has 0 spiro atoms. The summed E-state index contributed by atoms with van der Waals surface area (Å²) in [6, 6.07) is 8.01. The number of benzene rings is 1. The fourth-order valence-electron chi connectivity index (χ4n) is 2.92. The van der Waals surface area contributed by atoms with Gasteiger partial charge in [-0.2, -0.15) is 0 Å². The first-order chi connectivity index (χ1) is 9.72. The predicted molar refractivity (Wildman–Crippen MR) is 81.1 cm³/mol. The first-order valence-corrected chi connectivity index (χ1v) is 7.61. The Bertz CT molecular complexity index is 486. The molecular weight excluding hydrogens is 274 g/mol. The van der Waals surface area contributed by atoms with Crippen molar-refractivity contribution >= 4 is 23.2 Å². The molecule has 1 aromatic rings. The molecule has 5 heteroatoms. The second-order valence-corrected chi connectivity index (χ2v) is 5.92. The maximum absolute atomic E-state index is 11.6. The van der Waals surface area contributed by atoms with Gasteiger partial charge in [0.15, 0.2) is 0 Å². The van der Waals surface area contributed by atoms with Crippen LogP contribution in [0.4, 0.5) is 5.69 Å². The van der Waals surface area contributed by atoms with E-state index in [2.05, 4.69) is 15.9 Å². The second kappa shape index (κ2) is 6.02. The maximum atomic E-state index is 11.6. The van der Waals surface area contributed by atoms with Gasteiger partial charge in [0, 0.05) is 49.9 Å². The van der Waals surface area contributed by atoms with Gasteiger partial charge in [-0.05, 0) is 24.6 Å². The van der Waals surface area contributed by atoms with E-state index in [-0.39, 0.29) is 0 Å². The van der Waals surface area contributed by atoms with Crippen molar-refractivity contribution in [1.29, 1.82) is 0 Å². The Labute approximate surface area is 124 Å². The Balaban J connectivity index is 1.53. The van der Waals surface area contributed by atoms with E-state index in [1.165, 1.54) is 5.69 Å². The fourth-order valence-corrected chi connectivity index (χ4v) is 3.10. The summed E-state index contributed by atoms with van der Waals surface area (Å²) in [5.74, 6) is 0.308. The van der Waals surface area contributed by atoms with Gasteiger partial charge in [0.05, 0.1) is 6.67 Å². The Kier molecular flexibility index (Phi) is 4.13. The molecule has 2 aliphatic rings. The van der Waals surface area contributed by atoms with Crippen molar-refractivity contribution in [3.05, 3.63) is 29.3 Å². The molecule has 2 aliphatic heterocycles. The quantitative estimate of drug-likeness (QED) is 0.853. The maximum Gasteiger partial charge on any atom is 0.223 e. The fraction of sp³-hybridized carbons (Fsp3) is 0.533. The minimum atomic E-state index is 0.308. The molecule has 4 nitrogen and oxygen atoms in total. The van der Waals surface area contributed by atoms with Crippen LogP contribution in [0.3, 0.4) is 0 Å². The van der Waals surface area contributed by atoms with Crippen molar-refractivity contribution in [3.8, 4) is 0 Å². The first-order valence-electron chi connectivity index (χ1n) is 7.23. The van der Waals surface area contributed by atoms with Crippen molar-refractivity contribution in [2.24, 2.45) is 0 Å². The molecule has 0 aromatic heterocycles. The van der Waals surface area contributed by atoms with Crippen molar-refractivity contribution < 1.29 is 4.79 Å². The molecule has 0 radical (unpaired) electrons. The molecule has 1 aromatic carbocycles. The number of anilines is 1. The Morgan fingerprint density at radius 1 is 1.10 bits per heavy atom. The lowest BCUT2D eigenvalue weighted by Gasteiger charge is -2.37. The summed E-state index contributed by atoms with van der Waals surface area (Å²) >= 11 is 6.04. The van der Waals surface area contributed by atoms with Crippen LogP contribution in [0.1, 0.15) is 12.8 Å². The number of likely N-dealkylation sites (tertiary alicyclic amines) is 1. The van der Waals surface area contributed by atoms with Gasteiger partial charge in [-0.15, -0.1) is 0 Å². The van der Waals surface area contributed by atoms with Crippen molar-refractivity contribution in [2.75, 3.05) is 44.3 Å². The van der Waals surface area contributed by atoms with Crippen molar-refractivity contribution in [1.82, 2.24) is 9.80 Å². The normalized spacial score (nSPS) is 20.8. The molecule has 3 rings (SSSR count). The Morgan fingerprint density at radius 3 is 2.55 bits per heavy atom. The van der Waals surface area contributed by atoms with Crippen LogP contribution in [0.25, 0.3) is 0 Å². The number of hydrogen-bond acceptors (Lipinski definition) is 3. The highest BCUT2D eigenvalue weighted by Gasteiger charge is 2.24. The molecule has 1 amide bonds. The van der Waals surface area contributed by atoms with Crippen molar-refractivity contribution in [3.63, 3.8) is 0 Å². The van der Waals surface area contributed by atoms with Crippen LogP contribution >= 0.6 is 11.6 Å². The monoisotopic (exact) mass is 293 g/mol. The van der Waals surface area contributed by atoms with Gasteiger partial charge in [-0.25, -0.2) is 0 Å². The average molecular weight is 294 g/mol. The average Bonchev–Trinajstić information content (AvgIpc) is 2.85. The third-order valence-electron chi connectivity index (χ3n) is 4.09. The first kappa shape index (κ1) is 13.7. The molecule has 0 unspecified atom stereocenters. The summed E-state index contributed by atoms with van der Waals surface area (Å²) in [5.41, 5.74) is 1.19. The van der Waals surface area contributed by atoms with E-state index in [0.29, 0.717) is 5.91 Å². The van der Waals surface area contributed by atoms with Crippen LogP contribution in [-0.4, -0.2) is 55.1 Å². The van der Waals surface area contributed by atoms with Gasteiger partial charge in [0.2, 0.25) is 5.91 Å². The molecule has 0 bridgehead atoms. The summed E-state index contributed by atoms with van der Waals surface area (Å²) < 4.78 is 0. The molecule has 0 saturated carbocycles. The number of nitrogens with zero attached hydrogens (tertiary/aromatic N) is 3. The highest BCUT2D eigenvalue weighted by molar-refractivity contribution is 6.30. The second-order valence-electron chi connectivity index (χ2n) is 5.49. The van der Waals surface area contributed by atoms with Gasteiger partial charge in [0.1, 0.15) is 0 Å². The third-order valence-corrected chi connectivity index (χ3v) is 4.32. The molecule has 2 saturated heterocycles. The van der Waals surface area contributed by atoms with Crippen LogP contribution in [-0.2, 0) is 4.79 Å². The topological polar surface area (TPSA) is 26.8 Å². The van der Waals surface area contributed by atoms with Crippen LogP contribution in [0, 0.1) is 0 Å². The lowest BCUT2D eigenvalue weighted by atomic mass is 10.2. The van der Waals surface area contributed by atoms with Crippen LogP contribution in [0.2, 0.25) is 5.02 Å². The summed E-state index contributed by atoms with van der Waals surface area (Å²) in [7, 11) is 0. The van der Waals surface area contributed by atoms with Gasteiger partial charge in [-0.3, -0.25) is 9.69 Å². The minimum absolute atomic E-state index is 0.308. The smallest absolute Gasteiger partial charge is 0.223 e. The van der Waals surface area contributed by atoms with E-state index in [0.717, 1.165) is 57.3 Å². The SMILES string of the molecule is O=C1CCCN1CN1CCN(c2cccc(Cl)c2)CC1. The standard InChI is InChI=1S/C15H20ClN3O/c16-13-3-1-4-14(11-13)18-9-7-17(8-10-18)12-19-6-2-5-15(19)20/h1,3-4,11H,2,5-10,12H2. The zero-order chi connectivity index (χ0) is 13.9. The van der Waals surface area contributed by atoms with Crippen LogP contribution < -0.4 is 4.90 Å².